The zero-order valence-corrected chi connectivity index (χ0v) is 10.5. The molecule has 2 amide bonds. The number of hydrogen-bond acceptors (Lipinski definition) is 3. The summed E-state index contributed by atoms with van der Waals surface area (Å²) < 4.78 is 0. The normalized spacial score (nSPS) is 10.1. The summed E-state index contributed by atoms with van der Waals surface area (Å²) in [7, 11) is 3.62. The Labute approximate surface area is 94.5 Å². The summed E-state index contributed by atoms with van der Waals surface area (Å²) >= 11 is 1.59. The number of rotatable bonds is 3. The standard InChI is InChI=1S/C10H17N3OS/c1-5-12(3)10(14)13(4)6-9-8(2)11-7-15-9/h7H,5-6H2,1-4H3. The van der Waals surface area contributed by atoms with Gasteiger partial charge in [0, 0.05) is 25.5 Å². The maximum atomic E-state index is 11.7. The van der Waals surface area contributed by atoms with Gasteiger partial charge in [0.2, 0.25) is 0 Å². The number of amides is 2. The number of urea groups is 1. The Morgan fingerprint density at radius 2 is 2.13 bits per heavy atom. The summed E-state index contributed by atoms with van der Waals surface area (Å²) in [5, 5.41) is 0. The Morgan fingerprint density at radius 1 is 1.47 bits per heavy atom. The summed E-state index contributed by atoms with van der Waals surface area (Å²) in [6.45, 7) is 5.29. The fourth-order valence-electron chi connectivity index (χ4n) is 1.19. The number of aromatic nitrogens is 1. The zero-order valence-electron chi connectivity index (χ0n) is 9.65. The van der Waals surface area contributed by atoms with Gasteiger partial charge in [-0.05, 0) is 13.8 Å². The first-order chi connectivity index (χ1) is 7.06. The first-order valence-electron chi connectivity index (χ1n) is 4.91. The van der Waals surface area contributed by atoms with E-state index in [1.807, 2.05) is 26.4 Å². The van der Waals surface area contributed by atoms with E-state index in [0.29, 0.717) is 6.54 Å². The number of nitrogens with zero attached hydrogens (tertiary/aromatic N) is 3. The van der Waals surface area contributed by atoms with Crippen molar-refractivity contribution in [1.82, 2.24) is 14.8 Å². The van der Waals surface area contributed by atoms with Crippen LogP contribution in [0.2, 0.25) is 0 Å². The maximum absolute atomic E-state index is 11.7. The second-order valence-corrected chi connectivity index (χ2v) is 4.45. The van der Waals surface area contributed by atoms with Crippen LogP contribution in [0.1, 0.15) is 17.5 Å². The van der Waals surface area contributed by atoms with Crippen LogP contribution in [-0.4, -0.2) is 41.5 Å². The monoisotopic (exact) mass is 227 g/mol. The largest absolute Gasteiger partial charge is 0.328 e. The van der Waals surface area contributed by atoms with Gasteiger partial charge >= 0.3 is 6.03 Å². The summed E-state index contributed by atoms with van der Waals surface area (Å²) in [4.78, 5) is 20.5. The van der Waals surface area contributed by atoms with Crippen LogP contribution in [0, 0.1) is 6.92 Å². The van der Waals surface area contributed by atoms with E-state index in [9.17, 15) is 4.79 Å². The number of carbonyl (C=O) groups excluding carboxylic acids is 1. The molecule has 5 heteroatoms. The lowest BCUT2D eigenvalue weighted by Crippen LogP contribution is -2.38. The van der Waals surface area contributed by atoms with Gasteiger partial charge in [0.15, 0.2) is 0 Å². The van der Waals surface area contributed by atoms with Gasteiger partial charge in [0.25, 0.3) is 0 Å². The average Bonchev–Trinajstić information content (AvgIpc) is 2.62. The zero-order chi connectivity index (χ0) is 11.4. The van der Waals surface area contributed by atoms with Gasteiger partial charge in [0.1, 0.15) is 0 Å². The molecule has 0 aromatic carbocycles. The van der Waals surface area contributed by atoms with E-state index in [1.54, 1.807) is 28.2 Å². The van der Waals surface area contributed by atoms with Crippen molar-refractivity contribution in [3.8, 4) is 0 Å². The molecule has 0 N–H and O–H groups in total. The van der Waals surface area contributed by atoms with E-state index in [0.717, 1.165) is 17.1 Å². The molecule has 0 radical (unpaired) electrons. The fraction of sp³-hybridized carbons (Fsp3) is 0.600. The second-order valence-electron chi connectivity index (χ2n) is 3.51. The van der Waals surface area contributed by atoms with Crippen LogP contribution in [-0.2, 0) is 6.54 Å². The highest BCUT2D eigenvalue weighted by molar-refractivity contribution is 7.09. The Morgan fingerprint density at radius 3 is 2.60 bits per heavy atom. The SMILES string of the molecule is CCN(C)C(=O)N(C)Cc1scnc1C. The van der Waals surface area contributed by atoms with Gasteiger partial charge in [-0.15, -0.1) is 11.3 Å². The van der Waals surface area contributed by atoms with Crippen molar-refractivity contribution in [2.45, 2.75) is 20.4 Å². The average molecular weight is 227 g/mol. The summed E-state index contributed by atoms with van der Waals surface area (Å²) in [5.74, 6) is 0. The molecule has 0 saturated heterocycles. The van der Waals surface area contributed by atoms with E-state index >= 15 is 0 Å². The molecule has 1 aromatic heterocycles. The van der Waals surface area contributed by atoms with Crippen LogP contribution in [0.25, 0.3) is 0 Å². The summed E-state index contributed by atoms with van der Waals surface area (Å²) in [6.07, 6.45) is 0. The van der Waals surface area contributed by atoms with E-state index in [1.165, 1.54) is 0 Å². The quantitative estimate of drug-likeness (QED) is 0.791. The topological polar surface area (TPSA) is 36.4 Å². The van der Waals surface area contributed by atoms with Crippen molar-refractivity contribution in [3.63, 3.8) is 0 Å². The molecule has 84 valence electrons. The molecule has 0 unspecified atom stereocenters. The predicted octanol–water partition coefficient (Wildman–Crippen LogP) is 1.96. The first-order valence-corrected chi connectivity index (χ1v) is 5.79. The predicted molar refractivity (Wildman–Crippen MR) is 62.0 cm³/mol. The molecule has 0 fully saturated rings. The van der Waals surface area contributed by atoms with Crippen molar-refractivity contribution in [3.05, 3.63) is 16.1 Å². The highest BCUT2D eigenvalue weighted by Gasteiger charge is 2.14. The van der Waals surface area contributed by atoms with Crippen molar-refractivity contribution >= 4 is 17.4 Å². The minimum Gasteiger partial charge on any atom is -0.328 e. The van der Waals surface area contributed by atoms with Gasteiger partial charge in [-0.25, -0.2) is 9.78 Å². The van der Waals surface area contributed by atoms with E-state index in [-0.39, 0.29) is 6.03 Å². The van der Waals surface area contributed by atoms with E-state index < -0.39 is 0 Å². The number of hydrogen-bond donors (Lipinski definition) is 0. The Hall–Kier alpha value is -1.10. The van der Waals surface area contributed by atoms with Gasteiger partial charge in [-0.2, -0.15) is 0 Å². The van der Waals surface area contributed by atoms with Crippen LogP contribution in [0.4, 0.5) is 4.79 Å². The van der Waals surface area contributed by atoms with Crippen molar-refractivity contribution < 1.29 is 4.79 Å². The van der Waals surface area contributed by atoms with Crippen LogP contribution < -0.4 is 0 Å². The molecular formula is C10H17N3OS. The third-order valence-corrected chi connectivity index (χ3v) is 3.27. The highest BCUT2D eigenvalue weighted by Crippen LogP contribution is 2.14. The molecule has 0 saturated carbocycles. The molecular weight excluding hydrogens is 210 g/mol. The lowest BCUT2D eigenvalue weighted by Gasteiger charge is -2.23. The maximum Gasteiger partial charge on any atom is 0.319 e. The lowest BCUT2D eigenvalue weighted by atomic mass is 10.4. The van der Waals surface area contributed by atoms with Gasteiger partial charge in [0.05, 0.1) is 17.7 Å². The van der Waals surface area contributed by atoms with Gasteiger partial charge < -0.3 is 9.80 Å². The molecule has 4 nitrogen and oxygen atoms in total. The molecule has 15 heavy (non-hydrogen) atoms. The van der Waals surface area contributed by atoms with E-state index in [4.69, 9.17) is 0 Å². The molecule has 0 aliphatic carbocycles. The lowest BCUT2D eigenvalue weighted by molar-refractivity contribution is 0.173. The third-order valence-electron chi connectivity index (χ3n) is 2.35. The molecule has 0 aliphatic rings. The highest BCUT2D eigenvalue weighted by atomic mass is 32.1. The molecule has 0 atom stereocenters. The molecule has 0 bridgehead atoms. The van der Waals surface area contributed by atoms with E-state index in [2.05, 4.69) is 4.98 Å². The van der Waals surface area contributed by atoms with Crippen molar-refractivity contribution in [1.29, 1.82) is 0 Å². The number of aryl methyl sites for hydroxylation is 1. The smallest absolute Gasteiger partial charge is 0.319 e. The van der Waals surface area contributed by atoms with Crippen molar-refractivity contribution in [2.24, 2.45) is 0 Å². The minimum atomic E-state index is 0.0466. The van der Waals surface area contributed by atoms with Crippen LogP contribution in [0.5, 0.6) is 0 Å². The second kappa shape index (κ2) is 5.11. The molecule has 1 aromatic rings. The van der Waals surface area contributed by atoms with Crippen LogP contribution >= 0.6 is 11.3 Å². The molecule has 0 aliphatic heterocycles. The molecule has 1 heterocycles. The van der Waals surface area contributed by atoms with Gasteiger partial charge in [-0.1, -0.05) is 0 Å². The van der Waals surface area contributed by atoms with Gasteiger partial charge in [-0.3, -0.25) is 0 Å². The Kier molecular flexibility index (Phi) is 4.08. The summed E-state index contributed by atoms with van der Waals surface area (Å²) in [5.41, 5.74) is 2.82. The fourth-order valence-corrected chi connectivity index (χ4v) is 2.02. The van der Waals surface area contributed by atoms with Crippen molar-refractivity contribution in [2.75, 3.05) is 20.6 Å². The Bertz CT molecular complexity index is 337. The number of carbonyl (C=O) groups is 1. The first kappa shape index (κ1) is 12.0. The van der Waals surface area contributed by atoms with Crippen LogP contribution in [0.3, 0.4) is 0 Å². The molecule has 0 spiro atoms. The molecule has 1 rings (SSSR count). The number of thiazole rings is 1. The third kappa shape index (κ3) is 2.92. The minimum absolute atomic E-state index is 0.0466. The Balaban J connectivity index is 2.60. The van der Waals surface area contributed by atoms with Crippen LogP contribution in [0.15, 0.2) is 5.51 Å². The summed E-state index contributed by atoms with van der Waals surface area (Å²) in [6, 6.07) is 0.0466.